The van der Waals surface area contributed by atoms with Crippen LogP contribution in [0.1, 0.15) is 23.1 Å². The summed E-state index contributed by atoms with van der Waals surface area (Å²) in [5.41, 5.74) is 4.56. The van der Waals surface area contributed by atoms with Gasteiger partial charge in [-0.05, 0) is 30.7 Å². The van der Waals surface area contributed by atoms with Crippen LogP contribution < -0.4 is 4.57 Å². The topological polar surface area (TPSA) is 13.1 Å². The van der Waals surface area contributed by atoms with E-state index in [-0.39, 0.29) is 0 Å². The van der Waals surface area contributed by atoms with Gasteiger partial charge in [0.15, 0.2) is 0 Å². The highest BCUT2D eigenvalue weighted by molar-refractivity contribution is 7.18. The van der Waals surface area contributed by atoms with E-state index in [2.05, 4.69) is 78.2 Å². The van der Waals surface area contributed by atoms with Crippen LogP contribution in [0.2, 0.25) is 0 Å². The van der Waals surface area contributed by atoms with Crippen molar-refractivity contribution >= 4 is 39.1 Å². The van der Waals surface area contributed by atoms with Crippen molar-refractivity contribution in [1.82, 2.24) is 0 Å². The molecule has 5 rings (SSSR count). The summed E-state index contributed by atoms with van der Waals surface area (Å²) in [6, 6.07) is 29.2. The molecule has 3 heteroatoms. The average Bonchev–Trinajstić information content (AvgIpc) is 3.17. The molecule has 0 radical (unpaired) electrons. The summed E-state index contributed by atoms with van der Waals surface area (Å²) >= 11 is 1.82. The van der Waals surface area contributed by atoms with E-state index in [1.54, 1.807) is 0 Å². The average molecular weight is 409 g/mol. The maximum atomic E-state index is 6.32. The molecule has 0 bridgehead atoms. The summed E-state index contributed by atoms with van der Waals surface area (Å²) in [6.45, 7) is 3.13. The van der Waals surface area contributed by atoms with E-state index in [1.807, 2.05) is 47.7 Å². The Morgan fingerprint density at radius 3 is 1.93 bits per heavy atom. The number of para-hydroxylation sites is 1. The van der Waals surface area contributed by atoms with Gasteiger partial charge in [0.05, 0.1) is 0 Å². The number of nitrogens with zero attached hydrogens (tertiary/aromatic N) is 1. The second-order valence-corrected chi connectivity index (χ2v) is 8.21. The van der Waals surface area contributed by atoms with E-state index < -0.39 is 0 Å². The molecule has 0 saturated heterocycles. The molecule has 0 fully saturated rings. The molecule has 1 aliphatic rings. The Hall–Kier alpha value is -3.43. The predicted molar refractivity (Wildman–Crippen MR) is 126 cm³/mol. The molecule has 0 saturated carbocycles. The summed E-state index contributed by atoms with van der Waals surface area (Å²) in [4.78, 5) is 0. The molecular formula is C27H22NOS+. The maximum Gasteiger partial charge on any atom is 0.263 e. The van der Waals surface area contributed by atoms with Gasteiger partial charge in [-0.25, -0.2) is 0 Å². The summed E-state index contributed by atoms with van der Waals surface area (Å²) in [7, 11) is 0. The van der Waals surface area contributed by atoms with Crippen LogP contribution >= 0.6 is 11.3 Å². The van der Waals surface area contributed by atoms with Gasteiger partial charge in [-0.2, -0.15) is 4.57 Å². The van der Waals surface area contributed by atoms with E-state index in [9.17, 15) is 0 Å². The zero-order valence-corrected chi connectivity index (χ0v) is 17.6. The summed E-state index contributed by atoms with van der Waals surface area (Å²) in [6.07, 6.45) is 6.53. The van der Waals surface area contributed by atoms with Crippen molar-refractivity contribution in [3.63, 3.8) is 0 Å². The van der Waals surface area contributed by atoms with Crippen LogP contribution in [0.15, 0.2) is 103 Å². The lowest BCUT2D eigenvalue weighted by molar-refractivity contribution is -0.665. The van der Waals surface area contributed by atoms with Crippen LogP contribution in [-0.4, -0.2) is 0 Å². The predicted octanol–water partition coefficient (Wildman–Crippen LogP) is 6.70. The second-order valence-electron chi connectivity index (χ2n) is 7.15. The van der Waals surface area contributed by atoms with Crippen molar-refractivity contribution in [2.45, 2.75) is 13.5 Å². The Kier molecular flexibility index (Phi) is 5.04. The van der Waals surface area contributed by atoms with E-state index in [1.165, 1.54) is 15.2 Å². The van der Waals surface area contributed by atoms with Gasteiger partial charge in [-0.3, -0.25) is 0 Å². The molecule has 0 aliphatic carbocycles. The lowest BCUT2D eigenvalue weighted by atomic mass is 10.0. The van der Waals surface area contributed by atoms with Crippen molar-refractivity contribution in [2.75, 3.05) is 0 Å². The monoisotopic (exact) mass is 408 g/mol. The molecule has 146 valence electrons. The van der Waals surface area contributed by atoms with Gasteiger partial charge in [0, 0.05) is 23.3 Å². The van der Waals surface area contributed by atoms with Gasteiger partial charge in [-0.1, -0.05) is 84.1 Å². The third-order valence-electron chi connectivity index (χ3n) is 5.18. The number of fused-ring (bicyclic) bond motifs is 1. The number of ether oxygens (including phenoxy) is 1. The fraction of sp³-hybridized carbons (Fsp3) is 0.0741. The fourth-order valence-electron chi connectivity index (χ4n) is 3.72. The smallest absolute Gasteiger partial charge is 0.263 e. The fourth-order valence-corrected chi connectivity index (χ4v) is 4.91. The molecule has 0 atom stereocenters. The van der Waals surface area contributed by atoms with Crippen LogP contribution in [0.4, 0.5) is 0 Å². The number of rotatable bonds is 4. The standard InChI is InChI=1S/C27H22NOS/c1-2-28-23-15-9-10-16-26(23)30-27(28)19-20-17-24(21-11-5-3-6-12-21)29-25(18-20)22-13-7-4-8-14-22/h3-19H,2H2,1H3/q+1. The Labute approximate surface area is 180 Å². The van der Waals surface area contributed by atoms with Crippen molar-refractivity contribution in [2.24, 2.45) is 0 Å². The van der Waals surface area contributed by atoms with Crippen molar-refractivity contribution in [3.8, 4) is 0 Å². The maximum absolute atomic E-state index is 6.32. The highest BCUT2D eigenvalue weighted by Crippen LogP contribution is 2.33. The first-order valence-electron chi connectivity index (χ1n) is 10.2. The number of hydrogen-bond acceptors (Lipinski definition) is 2. The molecular weight excluding hydrogens is 386 g/mol. The molecule has 2 nitrogen and oxygen atoms in total. The van der Waals surface area contributed by atoms with Gasteiger partial charge in [-0.15, -0.1) is 0 Å². The molecule has 1 aromatic heterocycles. The SMILES string of the molecule is CC[n+]1c(C=C2C=C(c3ccccc3)OC(c3ccccc3)=C2)sc2ccccc21. The van der Waals surface area contributed by atoms with Crippen LogP contribution in [0.5, 0.6) is 0 Å². The van der Waals surface area contributed by atoms with E-state index >= 15 is 0 Å². The molecule has 4 aromatic rings. The highest BCUT2D eigenvalue weighted by Gasteiger charge is 2.19. The molecule has 30 heavy (non-hydrogen) atoms. The number of aryl methyl sites for hydroxylation is 1. The molecule has 0 N–H and O–H groups in total. The zero-order valence-electron chi connectivity index (χ0n) is 16.8. The lowest BCUT2D eigenvalue weighted by Gasteiger charge is -2.18. The van der Waals surface area contributed by atoms with Gasteiger partial charge in [0.25, 0.3) is 5.01 Å². The first-order valence-corrected chi connectivity index (χ1v) is 11.0. The van der Waals surface area contributed by atoms with Crippen LogP contribution in [0.3, 0.4) is 0 Å². The van der Waals surface area contributed by atoms with Crippen LogP contribution in [0.25, 0.3) is 27.8 Å². The summed E-state index contributed by atoms with van der Waals surface area (Å²) < 4.78 is 9.99. The molecule has 2 heterocycles. The Morgan fingerprint density at radius 1 is 0.767 bits per heavy atom. The van der Waals surface area contributed by atoms with E-state index in [4.69, 9.17) is 4.74 Å². The summed E-state index contributed by atoms with van der Waals surface area (Å²) in [5, 5.41) is 1.24. The first-order chi connectivity index (χ1) is 14.8. The number of hydrogen-bond donors (Lipinski definition) is 0. The third-order valence-corrected chi connectivity index (χ3v) is 6.29. The molecule has 0 spiro atoms. The number of allylic oxidation sites excluding steroid dienone is 3. The van der Waals surface area contributed by atoms with Gasteiger partial charge in [0.1, 0.15) is 22.8 Å². The van der Waals surface area contributed by atoms with Crippen LogP contribution in [-0.2, 0) is 11.3 Å². The molecule has 3 aromatic carbocycles. The Balaban J connectivity index is 1.65. The minimum absolute atomic E-state index is 0.868. The Bertz CT molecular complexity index is 1220. The van der Waals surface area contributed by atoms with E-state index in [0.717, 1.165) is 34.8 Å². The van der Waals surface area contributed by atoms with Gasteiger partial charge >= 0.3 is 0 Å². The van der Waals surface area contributed by atoms with Crippen molar-refractivity contribution < 1.29 is 9.30 Å². The minimum atomic E-state index is 0.868. The number of benzene rings is 3. The molecule has 0 amide bonds. The van der Waals surface area contributed by atoms with Crippen LogP contribution in [0, 0.1) is 0 Å². The third kappa shape index (κ3) is 3.60. The molecule has 0 unspecified atom stereocenters. The number of aromatic nitrogens is 1. The second kappa shape index (κ2) is 8.13. The largest absolute Gasteiger partial charge is 0.456 e. The minimum Gasteiger partial charge on any atom is -0.456 e. The Morgan fingerprint density at radius 2 is 1.33 bits per heavy atom. The quantitative estimate of drug-likeness (QED) is 0.342. The first kappa shape index (κ1) is 18.6. The van der Waals surface area contributed by atoms with E-state index in [0.29, 0.717) is 0 Å². The zero-order chi connectivity index (χ0) is 20.3. The number of thiazole rings is 1. The van der Waals surface area contributed by atoms with Crippen molar-refractivity contribution in [3.05, 3.63) is 119 Å². The van der Waals surface area contributed by atoms with Gasteiger partial charge < -0.3 is 4.74 Å². The molecule has 1 aliphatic heterocycles. The normalized spacial score (nSPS) is 13.6. The summed E-state index contributed by atoms with van der Waals surface area (Å²) in [5.74, 6) is 1.74. The van der Waals surface area contributed by atoms with Gasteiger partial charge in [0.2, 0.25) is 5.52 Å². The lowest BCUT2D eigenvalue weighted by Crippen LogP contribution is -2.33. The highest BCUT2D eigenvalue weighted by atomic mass is 32.1. The van der Waals surface area contributed by atoms with Crippen molar-refractivity contribution in [1.29, 1.82) is 0 Å².